The van der Waals surface area contributed by atoms with Gasteiger partial charge in [0.15, 0.2) is 17.5 Å². The number of benzene rings is 2. The molecule has 0 aromatic heterocycles. The maximum atomic E-state index is 10.1. The van der Waals surface area contributed by atoms with Crippen molar-refractivity contribution < 1.29 is 14.6 Å². The molecule has 162 valence electrons. The number of rotatable bonds is 6. The molecule has 1 fully saturated rings. The summed E-state index contributed by atoms with van der Waals surface area (Å²) < 4.78 is 11.0. The minimum absolute atomic E-state index is 0.315. The van der Waals surface area contributed by atoms with E-state index in [1.165, 1.54) is 0 Å². The van der Waals surface area contributed by atoms with Crippen LogP contribution >= 0.6 is 11.6 Å². The van der Waals surface area contributed by atoms with Crippen molar-refractivity contribution in [1.82, 2.24) is 10.2 Å². The number of halogens is 1. The van der Waals surface area contributed by atoms with Crippen LogP contribution in [0.3, 0.4) is 0 Å². The zero-order valence-corrected chi connectivity index (χ0v) is 18.4. The maximum absolute atomic E-state index is 10.1. The largest absolute Gasteiger partial charge is 0.506 e. The molecule has 0 unspecified atom stereocenters. The van der Waals surface area contributed by atoms with Gasteiger partial charge in [0, 0.05) is 39.8 Å². The van der Waals surface area contributed by atoms with Gasteiger partial charge in [-0.05, 0) is 36.8 Å². The average Bonchev–Trinajstić information content (AvgIpc) is 2.76. The molecule has 1 aliphatic heterocycles. The zero-order chi connectivity index (χ0) is 21.5. The molecule has 0 aliphatic carbocycles. The van der Waals surface area contributed by atoms with Gasteiger partial charge in [-0.1, -0.05) is 23.7 Å². The third kappa shape index (κ3) is 5.02. The van der Waals surface area contributed by atoms with E-state index in [1.807, 2.05) is 37.3 Å². The van der Waals surface area contributed by atoms with Crippen LogP contribution in [0.2, 0.25) is 5.02 Å². The van der Waals surface area contributed by atoms with Gasteiger partial charge in [-0.2, -0.15) is 0 Å². The summed E-state index contributed by atoms with van der Waals surface area (Å²) in [6.45, 7) is 6.22. The van der Waals surface area contributed by atoms with E-state index in [0.29, 0.717) is 35.4 Å². The van der Waals surface area contributed by atoms with Crippen molar-refractivity contribution >= 4 is 23.2 Å². The lowest BCUT2D eigenvalue weighted by Gasteiger charge is -2.37. The van der Waals surface area contributed by atoms with E-state index in [9.17, 15) is 5.11 Å². The highest BCUT2D eigenvalue weighted by atomic mass is 35.5. The minimum Gasteiger partial charge on any atom is -0.506 e. The Morgan fingerprint density at radius 2 is 1.93 bits per heavy atom. The van der Waals surface area contributed by atoms with E-state index < -0.39 is 0 Å². The fourth-order valence-electron chi connectivity index (χ4n) is 3.56. The number of ether oxygens (including phenoxy) is 2. The molecule has 1 heterocycles. The van der Waals surface area contributed by atoms with Gasteiger partial charge in [0.05, 0.1) is 24.4 Å². The number of methoxy groups -OCH3 is 1. The number of phenols is 1. The van der Waals surface area contributed by atoms with E-state index in [2.05, 4.69) is 20.1 Å². The first-order chi connectivity index (χ1) is 14.6. The second kappa shape index (κ2) is 10.3. The highest BCUT2D eigenvalue weighted by Crippen LogP contribution is 2.36. The monoisotopic (exact) mass is 432 g/mol. The van der Waals surface area contributed by atoms with Crippen LogP contribution in [0.4, 0.5) is 5.69 Å². The molecule has 0 spiro atoms. The molecule has 3 rings (SSSR count). The highest BCUT2D eigenvalue weighted by molar-refractivity contribution is 6.32. The van der Waals surface area contributed by atoms with Crippen LogP contribution in [-0.2, 0) is 6.54 Å². The molecule has 8 heteroatoms. The summed E-state index contributed by atoms with van der Waals surface area (Å²) in [5.41, 5.74) is 1.85. The molecule has 0 bridgehead atoms. The maximum Gasteiger partial charge on any atom is 0.194 e. The van der Waals surface area contributed by atoms with E-state index >= 15 is 0 Å². The summed E-state index contributed by atoms with van der Waals surface area (Å²) in [6, 6.07) is 11.2. The fourth-order valence-corrected chi connectivity index (χ4v) is 3.85. The van der Waals surface area contributed by atoms with E-state index in [1.54, 1.807) is 20.2 Å². The number of aromatic hydroxyl groups is 1. The number of aliphatic imine (C=N–C) groups is 1. The van der Waals surface area contributed by atoms with Crippen molar-refractivity contribution in [3.05, 3.63) is 47.0 Å². The lowest BCUT2D eigenvalue weighted by Crippen LogP contribution is -2.52. The minimum atomic E-state index is 0.315. The van der Waals surface area contributed by atoms with Crippen LogP contribution in [0.5, 0.6) is 17.2 Å². The molecule has 2 aromatic carbocycles. The molecule has 0 saturated carbocycles. The second-order valence-electron chi connectivity index (χ2n) is 6.91. The molecular weight excluding hydrogens is 404 g/mol. The van der Waals surface area contributed by atoms with E-state index in [0.717, 1.165) is 43.4 Å². The van der Waals surface area contributed by atoms with Crippen molar-refractivity contribution in [2.75, 3.05) is 51.8 Å². The molecule has 2 aromatic rings. The molecule has 0 radical (unpaired) electrons. The fraction of sp³-hybridized carbons (Fsp3) is 0.409. The molecule has 0 amide bonds. The normalized spacial score (nSPS) is 14.6. The van der Waals surface area contributed by atoms with Crippen molar-refractivity contribution in [3.8, 4) is 17.2 Å². The molecule has 2 N–H and O–H groups in total. The Balaban J connectivity index is 1.61. The summed E-state index contributed by atoms with van der Waals surface area (Å²) in [5, 5.41) is 14.0. The molecule has 30 heavy (non-hydrogen) atoms. The number of nitrogens with one attached hydrogen (secondary N) is 1. The number of hydrogen-bond donors (Lipinski definition) is 2. The van der Waals surface area contributed by atoms with Crippen LogP contribution in [-0.4, -0.2) is 62.9 Å². The van der Waals surface area contributed by atoms with E-state index in [-0.39, 0.29) is 0 Å². The molecule has 1 aliphatic rings. The smallest absolute Gasteiger partial charge is 0.194 e. The Labute approximate surface area is 182 Å². The quantitative estimate of drug-likeness (QED) is 0.539. The zero-order valence-electron chi connectivity index (χ0n) is 17.7. The molecule has 1 saturated heterocycles. The van der Waals surface area contributed by atoms with Gasteiger partial charge in [-0.15, -0.1) is 0 Å². The van der Waals surface area contributed by atoms with Crippen LogP contribution in [0.25, 0.3) is 0 Å². The summed E-state index contributed by atoms with van der Waals surface area (Å²) >= 11 is 6.38. The van der Waals surface area contributed by atoms with Gasteiger partial charge >= 0.3 is 0 Å². The summed E-state index contributed by atoms with van der Waals surface area (Å²) in [4.78, 5) is 8.83. The third-order valence-corrected chi connectivity index (χ3v) is 5.32. The lowest BCUT2D eigenvalue weighted by atomic mass is 10.2. The van der Waals surface area contributed by atoms with Gasteiger partial charge in [0.1, 0.15) is 5.75 Å². The predicted octanol–water partition coefficient (Wildman–Crippen LogP) is 3.35. The first kappa shape index (κ1) is 21.9. The highest BCUT2D eigenvalue weighted by Gasteiger charge is 2.21. The van der Waals surface area contributed by atoms with Crippen molar-refractivity contribution in [2.24, 2.45) is 4.99 Å². The van der Waals surface area contributed by atoms with Crippen LogP contribution < -0.4 is 19.7 Å². The summed E-state index contributed by atoms with van der Waals surface area (Å²) in [5.74, 6) is 2.33. The van der Waals surface area contributed by atoms with Gasteiger partial charge < -0.3 is 29.7 Å². The predicted molar refractivity (Wildman–Crippen MR) is 121 cm³/mol. The number of guanidine groups is 1. The Morgan fingerprint density at radius 3 is 2.57 bits per heavy atom. The lowest BCUT2D eigenvalue weighted by molar-refractivity contribution is 0.311. The standard InChI is InChI=1S/C22H29ClN4O3/c1-4-30-21-17(23)13-16(14-20(21)29-3)15-25-22(24-2)27-11-9-26(10-12-27)18-7-5-6-8-19(18)28/h5-8,13-14,28H,4,9-12,15H2,1-3H3,(H,24,25). The van der Waals surface area contributed by atoms with Crippen molar-refractivity contribution in [2.45, 2.75) is 13.5 Å². The second-order valence-corrected chi connectivity index (χ2v) is 7.31. The number of hydrogen-bond acceptors (Lipinski definition) is 5. The summed E-state index contributed by atoms with van der Waals surface area (Å²) in [7, 11) is 3.39. The van der Waals surface area contributed by atoms with Gasteiger partial charge in [0.25, 0.3) is 0 Å². The number of phenolic OH excluding ortho intramolecular Hbond substituents is 1. The Morgan fingerprint density at radius 1 is 1.20 bits per heavy atom. The van der Waals surface area contributed by atoms with Crippen LogP contribution in [0.1, 0.15) is 12.5 Å². The topological polar surface area (TPSA) is 69.6 Å². The Kier molecular flexibility index (Phi) is 7.52. The Hall–Kier alpha value is -2.80. The Bertz CT molecular complexity index is 883. The number of para-hydroxylation sites is 2. The van der Waals surface area contributed by atoms with Gasteiger partial charge in [-0.25, -0.2) is 0 Å². The first-order valence-electron chi connectivity index (χ1n) is 10.0. The van der Waals surface area contributed by atoms with Crippen LogP contribution in [0, 0.1) is 0 Å². The van der Waals surface area contributed by atoms with Crippen molar-refractivity contribution in [1.29, 1.82) is 0 Å². The number of anilines is 1. The first-order valence-corrected chi connectivity index (χ1v) is 10.4. The van der Waals surface area contributed by atoms with Crippen LogP contribution in [0.15, 0.2) is 41.4 Å². The molecule has 0 atom stereocenters. The van der Waals surface area contributed by atoms with Crippen molar-refractivity contribution in [3.63, 3.8) is 0 Å². The SMILES string of the molecule is CCOc1c(Cl)cc(CNC(=NC)N2CCN(c3ccccc3O)CC2)cc1OC. The molecular formula is C22H29ClN4O3. The summed E-state index contributed by atoms with van der Waals surface area (Å²) in [6.07, 6.45) is 0. The average molecular weight is 433 g/mol. The number of piperazine rings is 1. The molecule has 7 nitrogen and oxygen atoms in total. The van der Waals surface area contributed by atoms with Gasteiger partial charge in [0.2, 0.25) is 0 Å². The van der Waals surface area contributed by atoms with E-state index in [4.69, 9.17) is 21.1 Å². The third-order valence-electron chi connectivity index (χ3n) is 5.04. The van der Waals surface area contributed by atoms with Gasteiger partial charge in [-0.3, -0.25) is 4.99 Å². The number of nitrogens with zero attached hydrogens (tertiary/aromatic N) is 3.